The number of β-lactam (4-membered cyclic amide) rings is 1. The van der Waals surface area contributed by atoms with Gasteiger partial charge in [0.1, 0.15) is 28.9 Å². The molecule has 3 unspecified atom stereocenters. The van der Waals surface area contributed by atoms with Crippen molar-refractivity contribution >= 4 is 35.5 Å². The molecule has 0 bridgehead atoms. The summed E-state index contributed by atoms with van der Waals surface area (Å²) in [6.07, 6.45) is 0. The molecule has 2 aliphatic rings. The Morgan fingerprint density at radius 1 is 1.35 bits per heavy atom. The van der Waals surface area contributed by atoms with Gasteiger partial charge in [0.05, 0.1) is 12.0 Å². The van der Waals surface area contributed by atoms with Crippen molar-refractivity contribution in [1.82, 2.24) is 10.2 Å². The topological polar surface area (TPSA) is 197 Å². The van der Waals surface area contributed by atoms with Crippen LogP contribution in [-0.2, 0) is 35.2 Å². The highest BCUT2D eigenvalue weighted by Crippen LogP contribution is 2.40. The van der Waals surface area contributed by atoms with Crippen molar-refractivity contribution in [3.63, 3.8) is 0 Å². The van der Waals surface area contributed by atoms with Crippen LogP contribution in [0.15, 0.2) is 34.6 Å². The number of nitrogens with one attached hydrogen (secondary N) is 1. The van der Waals surface area contributed by atoms with Crippen molar-refractivity contribution in [3.05, 3.63) is 51.0 Å². The third-order valence-corrected chi connectivity index (χ3v) is 7.12. The number of hydrogen-bond acceptors (Lipinski definition) is 10. The van der Waals surface area contributed by atoms with E-state index in [9.17, 15) is 24.3 Å². The average Bonchev–Trinajstić information content (AvgIpc) is 2.85. The Morgan fingerprint density at radius 2 is 2.05 bits per heavy atom. The van der Waals surface area contributed by atoms with Gasteiger partial charge in [0.15, 0.2) is 0 Å². The number of azide groups is 1. The van der Waals surface area contributed by atoms with E-state index in [0.717, 1.165) is 0 Å². The summed E-state index contributed by atoms with van der Waals surface area (Å²) < 4.78 is 10.0. The first-order valence-electron chi connectivity index (χ1n) is 11.2. The fourth-order valence-corrected chi connectivity index (χ4v) is 4.90. The summed E-state index contributed by atoms with van der Waals surface area (Å²) in [5.41, 5.74) is 15.1. The fourth-order valence-electron chi connectivity index (χ4n) is 3.61. The smallest absolute Gasteiger partial charge is 0.357 e. The van der Waals surface area contributed by atoms with Gasteiger partial charge in [-0.25, -0.2) is 4.79 Å². The zero-order chi connectivity index (χ0) is 27.5. The van der Waals surface area contributed by atoms with Crippen molar-refractivity contribution in [2.45, 2.75) is 51.7 Å². The molecule has 0 radical (unpaired) electrons. The minimum atomic E-state index is -1.17. The van der Waals surface area contributed by atoms with Crippen LogP contribution in [0.25, 0.3) is 10.4 Å². The number of amides is 2. The number of nitrogens with two attached hydrogens (primary N) is 1. The number of nitrogens with zero attached hydrogens (tertiary/aromatic N) is 4. The lowest BCUT2D eigenvalue weighted by Gasteiger charge is -2.49. The summed E-state index contributed by atoms with van der Waals surface area (Å²) in [6, 6.07) is 2.15. The number of fused-ring (bicyclic) bond motifs is 1. The first-order valence-corrected chi connectivity index (χ1v) is 12.3. The van der Waals surface area contributed by atoms with Gasteiger partial charge < -0.3 is 25.6 Å². The summed E-state index contributed by atoms with van der Waals surface area (Å²) >= 11 is 1.37. The molecule has 4 N–H and O–H groups in total. The fraction of sp³-hybridized carbons (Fsp3) is 0.478. The number of benzene rings is 1. The molecular weight excluding hydrogens is 504 g/mol. The predicted octanol–water partition coefficient (Wildman–Crippen LogP) is 1.97. The average molecular weight is 533 g/mol. The first kappa shape index (κ1) is 27.8. The summed E-state index contributed by atoms with van der Waals surface area (Å²) in [7, 11) is 0. The van der Waals surface area contributed by atoms with Gasteiger partial charge in [-0.1, -0.05) is 11.2 Å². The van der Waals surface area contributed by atoms with Crippen molar-refractivity contribution in [3.8, 4) is 5.75 Å². The van der Waals surface area contributed by atoms with Gasteiger partial charge in [0, 0.05) is 10.7 Å². The number of carbonyl (C=O) groups is 4. The Kier molecular flexibility index (Phi) is 8.36. The molecule has 2 amide bonds. The number of hydrogen-bond donors (Lipinski definition) is 3. The van der Waals surface area contributed by atoms with Crippen molar-refractivity contribution in [2.75, 3.05) is 12.5 Å². The van der Waals surface area contributed by atoms with Crippen LogP contribution in [0.5, 0.6) is 5.75 Å². The van der Waals surface area contributed by atoms with Crippen LogP contribution >= 0.6 is 11.8 Å². The minimum absolute atomic E-state index is 0.0524. The van der Waals surface area contributed by atoms with Crippen LogP contribution in [0.1, 0.15) is 44.9 Å². The second-order valence-corrected chi connectivity index (χ2v) is 10.6. The number of carbonyl (C=O) groups excluding carboxylic acids is 4. The van der Waals surface area contributed by atoms with E-state index in [0.29, 0.717) is 22.5 Å². The number of phenols is 1. The lowest BCUT2D eigenvalue weighted by Crippen LogP contribution is -2.71. The van der Waals surface area contributed by atoms with E-state index in [-0.39, 0.29) is 18.0 Å². The Balaban J connectivity index is 1.64. The normalized spacial score (nSPS) is 19.7. The molecule has 1 fully saturated rings. The number of aromatic hydroxyl groups is 1. The van der Waals surface area contributed by atoms with Gasteiger partial charge in [-0.05, 0) is 62.1 Å². The third-order valence-electron chi connectivity index (χ3n) is 5.69. The Labute approximate surface area is 217 Å². The Hall–Kier alpha value is -3.74. The lowest BCUT2D eigenvalue weighted by atomic mass is 9.98. The molecule has 2 heterocycles. The van der Waals surface area contributed by atoms with Gasteiger partial charge in [-0.2, -0.15) is 0 Å². The molecule has 2 aliphatic heterocycles. The molecule has 13 nitrogen and oxygen atoms in total. The molecule has 37 heavy (non-hydrogen) atoms. The molecular formula is C23H28N6O7S. The monoisotopic (exact) mass is 532 g/mol. The Morgan fingerprint density at radius 3 is 2.70 bits per heavy atom. The van der Waals surface area contributed by atoms with Crippen molar-refractivity contribution < 1.29 is 33.8 Å². The molecule has 0 saturated carbocycles. The van der Waals surface area contributed by atoms with Crippen LogP contribution in [-0.4, -0.2) is 57.7 Å². The predicted molar refractivity (Wildman–Crippen MR) is 132 cm³/mol. The van der Waals surface area contributed by atoms with E-state index in [4.69, 9.17) is 20.7 Å². The highest BCUT2D eigenvalue weighted by molar-refractivity contribution is 8.00. The maximum absolute atomic E-state index is 12.9. The minimum Gasteiger partial charge on any atom is -0.508 e. The van der Waals surface area contributed by atoms with E-state index < -0.39 is 53.4 Å². The molecule has 0 aliphatic carbocycles. The molecule has 0 aromatic heterocycles. The maximum atomic E-state index is 12.9. The molecule has 14 heteroatoms. The van der Waals surface area contributed by atoms with E-state index in [1.165, 1.54) is 34.9 Å². The zero-order valence-electron chi connectivity index (χ0n) is 20.8. The number of rotatable bonds is 8. The van der Waals surface area contributed by atoms with Gasteiger partial charge in [-0.15, -0.1) is 11.8 Å². The van der Waals surface area contributed by atoms with Gasteiger partial charge in [0.25, 0.3) is 5.91 Å². The maximum Gasteiger partial charge on any atom is 0.357 e. The summed E-state index contributed by atoms with van der Waals surface area (Å²) in [6.45, 7) is 5.96. The van der Waals surface area contributed by atoms with E-state index in [2.05, 4.69) is 15.3 Å². The molecule has 3 atom stereocenters. The molecule has 0 spiro atoms. The molecule has 3 rings (SSSR count). The standard InChI is InChI=1S/C23H28N6O7S/c1-11-9-37-20-16(19(32)29(20)17(11)21(33)35-10-36-22(34)23(2,3)4)27-18(31)15(24)12-5-6-14(30)13(7-12)8-26-28-25/h5-7,15-16,20,30H,8-10,24H2,1-4H3,(H,27,31). The second kappa shape index (κ2) is 11.1. The van der Waals surface area contributed by atoms with Crippen molar-refractivity contribution in [1.29, 1.82) is 0 Å². The second-order valence-electron chi connectivity index (χ2n) is 9.51. The van der Waals surface area contributed by atoms with Gasteiger partial charge >= 0.3 is 11.9 Å². The lowest BCUT2D eigenvalue weighted by molar-refractivity contribution is -0.173. The quantitative estimate of drug-likeness (QED) is 0.112. The zero-order valence-corrected chi connectivity index (χ0v) is 21.6. The van der Waals surface area contributed by atoms with E-state index in [1.54, 1.807) is 27.7 Å². The van der Waals surface area contributed by atoms with E-state index in [1.807, 2.05) is 0 Å². The number of ether oxygens (including phenoxy) is 2. The highest BCUT2D eigenvalue weighted by atomic mass is 32.2. The Bertz CT molecular complexity index is 1200. The van der Waals surface area contributed by atoms with Crippen molar-refractivity contribution in [2.24, 2.45) is 16.3 Å². The molecule has 198 valence electrons. The summed E-state index contributed by atoms with van der Waals surface area (Å²) in [4.78, 5) is 54.2. The first-order chi connectivity index (χ1) is 17.4. The summed E-state index contributed by atoms with van der Waals surface area (Å²) in [5, 5.41) is 15.4. The van der Waals surface area contributed by atoms with E-state index >= 15 is 0 Å². The summed E-state index contributed by atoms with van der Waals surface area (Å²) in [5.74, 6) is -2.19. The molecule has 1 saturated heterocycles. The van der Waals surface area contributed by atoms with Gasteiger partial charge in [0.2, 0.25) is 12.7 Å². The third kappa shape index (κ3) is 5.98. The number of thioether (sulfide) groups is 1. The van der Waals surface area contributed by atoms with Crippen LogP contribution < -0.4 is 11.1 Å². The van der Waals surface area contributed by atoms with Crippen LogP contribution in [0.4, 0.5) is 0 Å². The molecule has 1 aromatic carbocycles. The van der Waals surface area contributed by atoms with Crippen LogP contribution in [0, 0.1) is 5.41 Å². The number of esters is 2. The van der Waals surface area contributed by atoms with Crippen LogP contribution in [0.3, 0.4) is 0 Å². The SMILES string of the molecule is CC1=C(C(=O)OCOC(=O)C(C)(C)C)N2C(=O)C(NC(=O)C(N)c3ccc(O)c(CN=[N+]=[N-])c3)C2SC1. The van der Waals surface area contributed by atoms with Crippen LogP contribution in [0.2, 0.25) is 0 Å². The molecule has 1 aromatic rings. The highest BCUT2D eigenvalue weighted by Gasteiger charge is 2.54. The number of phenolic OH excluding ortho intramolecular Hbond substituents is 1. The van der Waals surface area contributed by atoms with Gasteiger partial charge in [-0.3, -0.25) is 19.3 Å². The largest absolute Gasteiger partial charge is 0.508 e.